The third-order valence-electron chi connectivity index (χ3n) is 5.56. The fourth-order valence-electron chi connectivity index (χ4n) is 3.93. The van der Waals surface area contributed by atoms with Gasteiger partial charge in [-0.15, -0.1) is 11.3 Å². The second-order valence-electron chi connectivity index (χ2n) is 7.57. The van der Waals surface area contributed by atoms with Gasteiger partial charge in [0.1, 0.15) is 17.3 Å². The minimum absolute atomic E-state index is 0.0660. The molecule has 1 aliphatic heterocycles. The van der Waals surface area contributed by atoms with Crippen LogP contribution in [0.4, 0.5) is 10.8 Å². The monoisotopic (exact) mass is 475 g/mol. The SMILES string of the molecule is CCOC1CN(c2nccs2)CC1Nc1c(C)nc(-c2ccc(OC)cc2Cl)n(C)c1=O. The molecule has 0 aliphatic carbocycles. The number of anilines is 2. The lowest BCUT2D eigenvalue weighted by molar-refractivity contribution is 0.0720. The standard InChI is InChI=1S/C22H26ClN5O3S/c1-5-31-18-12-28(22-24-8-9-32-22)11-17(18)26-19-13(2)25-20(27(3)21(19)29)15-7-6-14(30-4)10-16(15)23/h6-10,17-18,26H,5,11-12H2,1-4H3. The lowest BCUT2D eigenvalue weighted by Gasteiger charge is -2.22. The van der Waals surface area contributed by atoms with E-state index in [1.807, 2.05) is 25.3 Å². The zero-order valence-electron chi connectivity index (χ0n) is 18.5. The van der Waals surface area contributed by atoms with Crippen LogP contribution in [0.5, 0.6) is 5.75 Å². The van der Waals surface area contributed by atoms with Crippen molar-refractivity contribution in [2.24, 2.45) is 7.05 Å². The highest BCUT2D eigenvalue weighted by Crippen LogP contribution is 2.31. The fraction of sp³-hybridized carbons (Fsp3) is 0.409. The summed E-state index contributed by atoms with van der Waals surface area (Å²) in [4.78, 5) is 24.6. The molecule has 2 aromatic heterocycles. The maximum atomic E-state index is 13.3. The van der Waals surface area contributed by atoms with Crippen LogP contribution < -0.4 is 20.5 Å². The minimum Gasteiger partial charge on any atom is -0.497 e. The number of thiazole rings is 1. The number of rotatable bonds is 7. The van der Waals surface area contributed by atoms with Gasteiger partial charge >= 0.3 is 0 Å². The van der Waals surface area contributed by atoms with Crippen molar-refractivity contribution in [3.8, 4) is 17.1 Å². The maximum Gasteiger partial charge on any atom is 0.277 e. The van der Waals surface area contributed by atoms with Crippen molar-refractivity contribution in [2.45, 2.75) is 26.0 Å². The van der Waals surface area contributed by atoms with Crippen LogP contribution in [0.1, 0.15) is 12.6 Å². The van der Waals surface area contributed by atoms with Gasteiger partial charge in [-0.25, -0.2) is 9.97 Å². The first-order chi connectivity index (χ1) is 15.4. The number of hydrogen-bond acceptors (Lipinski definition) is 8. The molecule has 1 fully saturated rings. The van der Waals surface area contributed by atoms with Crippen LogP contribution >= 0.6 is 22.9 Å². The summed E-state index contributed by atoms with van der Waals surface area (Å²) in [6.45, 7) is 5.80. The molecule has 3 heterocycles. The minimum atomic E-state index is -0.165. The Kier molecular flexibility index (Phi) is 6.68. The average Bonchev–Trinajstić information content (AvgIpc) is 3.44. The van der Waals surface area contributed by atoms with E-state index < -0.39 is 0 Å². The molecule has 170 valence electrons. The van der Waals surface area contributed by atoms with Gasteiger partial charge in [0.25, 0.3) is 5.56 Å². The first-order valence-electron chi connectivity index (χ1n) is 10.4. The van der Waals surface area contributed by atoms with Crippen molar-refractivity contribution in [1.82, 2.24) is 14.5 Å². The smallest absolute Gasteiger partial charge is 0.277 e. The summed E-state index contributed by atoms with van der Waals surface area (Å²) in [5, 5.41) is 6.80. The lowest BCUT2D eigenvalue weighted by atomic mass is 10.1. The van der Waals surface area contributed by atoms with Gasteiger partial charge in [0.2, 0.25) is 0 Å². The quantitative estimate of drug-likeness (QED) is 0.559. The number of nitrogens with zero attached hydrogens (tertiary/aromatic N) is 4. The largest absolute Gasteiger partial charge is 0.497 e. The molecule has 0 radical (unpaired) electrons. The van der Waals surface area contributed by atoms with Crippen LogP contribution in [0.25, 0.3) is 11.4 Å². The van der Waals surface area contributed by atoms with E-state index in [9.17, 15) is 4.79 Å². The van der Waals surface area contributed by atoms with Gasteiger partial charge in [-0.3, -0.25) is 9.36 Å². The van der Waals surface area contributed by atoms with Gasteiger partial charge in [-0.05, 0) is 32.0 Å². The average molecular weight is 476 g/mol. The highest BCUT2D eigenvalue weighted by Gasteiger charge is 2.35. The normalized spacial score (nSPS) is 18.2. The Bertz CT molecular complexity index is 1150. The Balaban J connectivity index is 1.64. The second-order valence-corrected chi connectivity index (χ2v) is 8.85. The topological polar surface area (TPSA) is 81.5 Å². The fourth-order valence-corrected chi connectivity index (χ4v) is 4.85. The van der Waals surface area contributed by atoms with Gasteiger partial charge in [0.05, 0.1) is 30.0 Å². The number of ether oxygens (including phenoxy) is 2. The third-order valence-corrected chi connectivity index (χ3v) is 6.70. The van der Waals surface area contributed by atoms with Crippen molar-refractivity contribution in [1.29, 1.82) is 0 Å². The van der Waals surface area contributed by atoms with Crippen LogP contribution in [0.2, 0.25) is 5.02 Å². The number of methoxy groups -OCH3 is 1. The third kappa shape index (κ3) is 4.32. The summed E-state index contributed by atoms with van der Waals surface area (Å²) in [5.41, 5.74) is 1.58. The Morgan fingerprint density at radius 3 is 2.81 bits per heavy atom. The first kappa shape index (κ1) is 22.6. The molecule has 1 aliphatic rings. The van der Waals surface area contributed by atoms with Gasteiger partial charge in [0, 0.05) is 43.9 Å². The molecule has 2 unspecified atom stereocenters. The van der Waals surface area contributed by atoms with Crippen LogP contribution in [-0.4, -0.2) is 53.5 Å². The molecule has 3 aromatic rings. The molecule has 0 saturated carbocycles. The summed E-state index contributed by atoms with van der Waals surface area (Å²) in [6.07, 6.45) is 1.73. The summed E-state index contributed by atoms with van der Waals surface area (Å²) >= 11 is 8.03. The summed E-state index contributed by atoms with van der Waals surface area (Å²) in [5.74, 6) is 1.15. The van der Waals surface area contributed by atoms with Crippen LogP contribution in [0, 0.1) is 6.92 Å². The second kappa shape index (κ2) is 9.48. The molecular weight excluding hydrogens is 450 g/mol. The van der Waals surface area contributed by atoms with Gasteiger partial charge in [-0.2, -0.15) is 0 Å². The number of aromatic nitrogens is 3. The molecule has 8 nitrogen and oxygen atoms in total. The first-order valence-corrected chi connectivity index (χ1v) is 11.6. The van der Waals surface area contributed by atoms with Gasteiger partial charge in [0.15, 0.2) is 5.13 Å². The van der Waals surface area contributed by atoms with E-state index in [4.69, 9.17) is 26.1 Å². The van der Waals surface area contributed by atoms with E-state index in [2.05, 4.69) is 15.2 Å². The van der Waals surface area contributed by atoms with E-state index in [0.717, 1.165) is 5.13 Å². The summed E-state index contributed by atoms with van der Waals surface area (Å²) in [7, 11) is 3.28. The van der Waals surface area contributed by atoms with Crippen molar-refractivity contribution < 1.29 is 9.47 Å². The van der Waals surface area contributed by atoms with Crippen molar-refractivity contribution in [2.75, 3.05) is 37.0 Å². The number of nitrogens with one attached hydrogen (secondary N) is 1. The predicted molar refractivity (Wildman–Crippen MR) is 128 cm³/mol. The molecular formula is C22H26ClN5O3S. The van der Waals surface area contributed by atoms with Gasteiger partial charge in [-0.1, -0.05) is 11.6 Å². The van der Waals surface area contributed by atoms with Crippen LogP contribution in [-0.2, 0) is 11.8 Å². The van der Waals surface area contributed by atoms with Crippen LogP contribution in [0.3, 0.4) is 0 Å². The number of halogens is 1. The van der Waals surface area contributed by atoms with Crippen LogP contribution in [0.15, 0.2) is 34.6 Å². The lowest BCUT2D eigenvalue weighted by Crippen LogP contribution is -2.38. The molecule has 2 atom stereocenters. The molecule has 10 heteroatoms. The molecule has 0 spiro atoms. The number of aryl methyl sites for hydroxylation is 1. The Morgan fingerprint density at radius 2 is 2.16 bits per heavy atom. The highest BCUT2D eigenvalue weighted by molar-refractivity contribution is 7.13. The molecule has 32 heavy (non-hydrogen) atoms. The van der Waals surface area contributed by atoms with E-state index in [0.29, 0.717) is 53.2 Å². The Hall–Kier alpha value is -2.62. The maximum absolute atomic E-state index is 13.3. The number of hydrogen-bond donors (Lipinski definition) is 1. The zero-order chi connectivity index (χ0) is 22.8. The number of benzene rings is 1. The van der Waals surface area contributed by atoms with E-state index in [1.54, 1.807) is 43.8 Å². The van der Waals surface area contributed by atoms with Gasteiger partial charge < -0.3 is 19.7 Å². The van der Waals surface area contributed by atoms with E-state index >= 15 is 0 Å². The molecule has 0 bridgehead atoms. The summed E-state index contributed by atoms with van der Waals surface area (Å²) < 4.78 is 12.7. The van der Waals surface area contributed by atoms with Crippen molar-refractivity contribution >= 4 is 33.8 Å². The Labute approximate surface area is 195 Å². The van der Waals surface area contributed by atoms with Crippen molar-refractivity contribution in [3.63, 3.8) is 0 Å². The van der Waals surface area contributed by atoms with E-state index in [1.165, 1.54) is 4.57 Å². The molecule has 4 rings (SSSR count). The zero-order valence-corrected chi connectivity index (χ0v) is 20.0. The highest BCUT2D eigenvalue weighted by atomic mass is 35.5. The molecule has 1 aromatic carbocycles. The van der Waals surface area contributed by atoms with E-state index in [-0.39, 0.29) is 17.7 Å². The molecule has 1 N–H and O–H groups in total. The molecule has 0 amide bonds. The summed E-state index contributed by atoms with van der Waals surface area (Å²) in [6, 6.07) is 5.25. The van der Waals surface area contributed by atoms with Crippen molar-refractivity contribution in [3.05, 3.63) is 50.8 Å². The Morgan fingerprint density at radius 1 is 1.34 bits per heavy atom. The predicted octanol–water partition coefficient (Wildman–Crippen LogP) is 3.58. The molecule has 1 saturated heterocycles.